The molecule has 0 aliphatic rings. The molecule has 1 amide bonds. The molecule has 0 bridgehead atoms. The molecular formula is C21H18Br2N2O3. The minimum Gasteiger partial charge on any atom is -0.496 e. The maximum Gasteiger partial charge on any atom is 0.277 e. The molecule has 0 fully saturated rings. The van der Waals surface area contributed by atoms with Crippen LogP contribution in [0.3, 0.4) is 0 Å². The number of ether oxygens (including phenoxy) is 2. The Hall–Kier alpha value is -2.38. The van der Waals surface area contributed by atoms with E-state index in [-0.39, 0.29) is 12.5 Å². The smallest absolute Gasteiger partial charge is 0.277 e. The number of rotatable bonds is 6. The van der Waals surface area contributed by atoms with Crippen molar-refractivity contribution in [2.24, 2.45) is 5.10 Å². The molecule has 3 aromatic rings. The number of amides is 1. The lowest BCUT2D eigenvalue weighted by atomic mass is 10.0. The highest BCUT2D eigenvalue weighted by Gasteiger charge is 2.10. The summed E-state index contributed by atoms with van der Waals surface area (Å²) in [5.41, 5.74) is 4.36. The van der Waals surface area contributed by atoms with Gasteiger partial charge in [-0.15, -0.1) is 0 Å². The fraction of sp³-hybridized carbons (Fsp3) is 0.143. The van der Waals surface area contributed by atoms with E-state index in [1.807, 2.05) is 55.5 Å². The highest BCUT2D eigenvalue weighted by atomic mass is 79.9. The number of fused-ring (bicyclic) bond motifs is 1. The van der Waals surface area contributed by atoms with E-state index in [0.29, 0.717) is 11.5 Å². The molecule has 3 aromatic carbocycles. The number of benzene rings is 3. The monoisotopic (exact) mass is 504 g/mol. The quantitative estimate of drug-likeness (QED) is 0.369. The van der Waals surface area contributed by atoms with Crippen LogP contribution in [0.1, 0.15) is 11.1 Å². The van der Waals surface area contributed by atoms with Crippen molar-refractivity contribution in [2.45, 2.75) is 6.92 Å². The fourth-order valence-electron chi connectivity index (χ4n) is 2.75. The van der Waals surface area contributed by atoms with E-state index in [1.165, 1.54) is 0 Å². The van der Waals surface area contributed by atoms with Crippen LogP contribution in [-0.4, -0.2) is 25.8 Å². The van der Waals surface area contributed by atoms with Gasteiger partial charge in [0.2, 0.25) is 0 Å². The number of hydrogen-bond acceptors (Lipinski definition) is 4. The van der Waals surface area contributed by atoms with Crippen molar-refractivity contribution < 1.29 is 14.3 Å². The molecule has 1 N–H and O–H groups in total. The number of halogens is 2. The van der Waals surface area contributed by atoms with Gasteiger partial charge in [0.05, 0.1) is 22.3 Å². The zero-order chi connectivity index (χ0) is 20.1. The van der Waals surface area contributed by atoms with Crippen LogP contribution in [0.4, 0.5) is 0 Å². The van der Waals surface area contributed by atoms with Gasteiger partial charge in [0, 0.05) is 5.56 Å². The maximum absolute atomic E-state index is 12.1. The van der Waals surface area contributed by atoms with Crippen LogP contribution in [0.2, 0.25) is 0 Å². The number of carbonyl (C=O) groups is 1. The van der Waals surface area contributed by atoms with Crippen molar-refractivity contribution in [1.82, 2.24) is 5.43 Å². The summed E-state index contributed by atoms with van der Waals surface area (Å²) in [6.07, 6.45) is 1.58. The second-order valence-electron chi connectivity index (χ2n) is 6.04. The molecule has 5 nitrogen and oxygen atoms in total. The van der Waals surface area contributed by atoms with Gasteiger partial charge in [-0.3, -0.25) is 4.79 Å². The van der Waals surface area contributed by atoms with Crippen LogP contribution < -0.4 is 14.9 Å². The zero-order valence-electron chi connectivity index (χ0n) is 15.3. The number of hydrogen-bond donors (Lipinski definition) is 1. The van der Waals surface area contributed by atoms with Crippen LogP contribution in [0.25, 0.3) is 10.8 Å². The third-order valence-corrected chi connectivity index (χ3v) is 5.20. The summed E-state index contributed by atoms with van der Waals surface area (Å²) in [4.78, 5) is 12.1. The van der Waals surface area contributed by atoms with Crippen molar-refractivity contribution in [2.75, 3.05) is 13.7 Å². The van der Waals surface area contributed by atoms with Gasteiger partial charge in [0.25, 0.3) is 5.91 Å². The highest BCUT2D eigenvalue weighted by molar-refractivity contribution is 9.11. The molecule has 0 spiro atoms. The Labute approximate surface area is 180 Å². The van der Waals surface area contributed by atoms with Crippen LogP contribution in [0.5, 0.6) is 11.5 Å². The van der Waals surface area contributed by atoms with Crippen LogP contribution in [0, 0.1) is 6.92 Å². The van der Waals surface area contributed by atoms with Gasteiger partial charge in [0.1, 0.15) is 11.5 Å². The van der Waals surface area contributed by atoms with Crippen LogP contribution in [-0.2, 0) is 4.79 Å². The van der Waals surface area contributed by atoms with Gasteiger partial charge in [-0.05, 0) is 73.3 Å². The lowest BCUT2D eigenvalue weighted by Crippen LogP contribution is -2.24. The van der Waals surface area contributed by atoms with Crippen molar-refractivity contribution in [3.8, 4) is 11.5 Å². The third-order valence-electron chi connectivity index (χ3n) is 4.02. The number of methoxy groups -OCH3 is 1. The lowest BCUT2D eigenvalue weighted by molar-refractivity contribution is -0.123. The summed E-state index contributed by atoms with van der Waals surface area (Å²) in [5, 5.41) is 6.12. The van der Waals surface area contributed by atoms with Crippen molar-refractivity contribution in [3.63, 3.8) is 0 Å². The Bertz CT molecular complexity index is 1030. The average Bonchev–Trinajstić information content (AvgIpc) is 2.67. The number of nitrogens with one attached hydrogen (secondary N) is 1. The zero-order valence-corrected chi connectivity index (χ0v) is 18.5. The van der Waals surface area contributed by atoms with Gasteiger partial charge >= 0.3 is 0 Å². The molecule has 3 rings (SSSR count). The average molecular weight is 506 g/mol. The van der Waals surface area contributed by atoms with Gasteiger partial charge < -0.3 is 9.47 Å². The molecular weight excluding hydrogens is 488 g/mol. The molecule has 0 aliphatic heterocycles. The Balaban J connectivity index is 1.68. The van der Waals surface area contributed by atoms with Crippen LogP contribution >= 0.6 is 31.9 Å². The molecule has 0 aliphatic carbocycles. The molecule has 0 aromatic heterocycles. The molecule has 0 heterocycles. The first kappa shape index (κ1) is 20.4. The molecule has 144 valence electrons. The van der Waals surface area contributed by atoms with Crippen molar-refractivity contribution in [3.05, 3.63) is 68.6 Å². The second-order valence-corrected chi connectivity index (χ2v) is 7.75. The normalized spacial score (nSPS) is 11.0. The summed E-state index contributed by atoms with van der Waals surface area (Å²) in [6.45, 7) is 1.81. The summed E-state index contributed by atoms with van der Waals surface area (Å²) in [6, 6.07) is 15.6. The van der Waals surface area contributed by atoms with Crippen molar-refractivity contribution >= 4 is 54.8 Å². The summed E-state index contributed by atoms with van der Waals surface area (Å²) >= 11 is 6.88. The minimum absolute atomic E-state index is 0.162. The van der Waals surface area contributed by atoms with Crippen molar-refractivity contribution in [1.29, 1.82) is 0 Å². The van der Waals surface area contributed by atoms with Gasteiger partial charge in [0.15, 0.2) is 6.61 Å². The van der Waals surface area contributed by atoms with E-state index in [0.717, 1.165) is 30.8 Å². The van der Waals surface area contributed by atoms with E-state index in [4.69, 9.17) is 9.47 Å². The maximum atomic E-state index is 12.1. The Morgan fingerprint density at radius 3 is 2.57 bits per heavy atom. The van der Waals surface area contributed by atoms with Crippen LogP contribution in [0.15, 0.2) is 62.6 Å². The molecule has 7 heteroatoms. The lowest BCUT2D eigenvalue weighted by Gasteiger charge is -2.10. The Kier molecular flexibility index (Phi) is 6.70. The number of hydrazone groups is 1. The largest absolute Gasteiger partial charge is 0.496 e. The van der Waals surface area contributed by atoms with E-state index in [9.17, 15) is 4.79 Å². The second kappa shape index (κ2) is 9.21. The van der Waals surface area contributed by atoms with Gasteiger partial charge in [-0.2, -0.15) is 5.10 Å². The first-order chi connectivity index (χ1) is 13.5. The number of carbonyl (C=O) groups excluding carboxylic acids is 1. The predicted octanol–water partition coefficient (Wildman–Crippen LogP) is 5.21. The highest BCUT2D eigenvalue weighted by Crippen LogP contribution is 2.34. The molecule has 0 saturated carbocycles. The first-order valence-electron chi connectivity index (χ1n) is 8.45. The van der Waals surface area contributed by atoms with E-state index < -0.39 is 0 Å². The number of aryl methyl sites for hydroxylation is 1. The molecule has 0 saturated heterocycles. The SMILES string of the molecule is COc1ccc2ccccc2c1C=NNC(=O)COc1c(Br)cc(C)cc1Br. The predicted molar refractivity (Wildman–Crippen MR) is 118 cm³/mol. The fourth-order valence-corrected chi connectivity index (χ4v) is 4.39. The molecule has 28 heavy (non-hydrogen) atoms. The van der Waals surface area contributed by atoms with E-state index >= 15 is 0 Å². The molecule has 0 radical (unpaired) electrons. The minimum atomic E-state index is -0.366. The standard InChI is InChI=1S/C21H18Br2N2O3/c1-13-9-17(22)21(18(23)10-13)28-12-20(26)25-24-11-16-15-6-4-3-5-14(15)7-8-19(16)27-2/h3-11H,12H2,1-2H3,(H,25,26). The summed E-state index contributed by atoms with van der Waals surface area (Å²) in [5.74, 6) is 0.885. The van der Waals surface area contributed by atoms with Gasteiger partial charge in [-0.25, -0.2) is 5.43 Å². The first-order valence-corrected chi connectivity index (χ1v) is 10.0. The van der Waals surface area contributed by atoms with E-state index in [2.05, 4.69) is 42.4 Å². The van der Waals surface area contributed by atoms with Gasteiger partial charge in [-0.1, -0.05) is 30.3 Å². The topological polar surface area (TPSA) is 59.9 Å². The molecule has 0 unspecified atom stereocenters. The Morgan fingerprint density at radius 1 is 1.14 bits per heavy atom. The number of nitrogens with zero attached hydrogens (tertiary/aromatic N) is 1. The molecule has 0 atom stereocenters. The Morgan fingerprint density at radius 2 is 1.86 bits per heavy atom. The van der Waals surface area contributed by atoms with E-state index in [1.54, 1.807) is 13.3 Å². The third kappa shape index (κ3) is 4.72. The summed E-state index contributed by atoms with van der Waals surface area (Å²) in [7, 11) is 1.60. The summed E-state index contributed by atoms with van der Waals surface area (Å²) < 4.78 is 12.6.